The van der Waals surface area contributed by atoms with Gasteiger partial charge in [-0.05, 0) is 75.2 Å². The summed E-state index contributed by atoms with van der Waals surface area (Å²) in [5.74, 6) is 0.255. The van der Waals surface area contributed by atoms with Crippen LogP contribution in [0.3, 0.4) is 0 Å². The van der Waals surface area contributed by atoms with Crippen LogP contribution in [0, 0.1) is 35.5 Å². The van der Waals surface area contributed by atoms with E-state index >= 15 is 0 Å². The van der Waals surface area contributed by atoms with Crippen LogP contribution in [0.2, 0.25) is 0 Å². The minimum atomic E-state index is -0.529. The maximum atomic E-state index is 13.2. The highest BCUT2D eigenvalue weighted by atomic mass is 16.5. The number of esters is 1. The number of Topliss-reactive ketones (excluding diaryl/α,β-unsaturated/α-hetero) is 1. The molecule has 4 saturated carbocycles. The summed E-state index contributed by atoms with van der Waals surface area (Å²) in [5.41, 5.74) is 7.71. The second-order valence-electron chi connectivity index (χ2n) is 9.56. The summed E-state index contributed by atoms with van der Waals surface area (Å²) in [6, 6.07) is 10.6. The standard InChI is InChI=1S/C24H28N2O3/c1-15-3-5-19(6-4-15)23-8-17-7-18(9-23)11-24(10-17,14-23)22(28)29-13-21(27)20(12-25)16(2)26/h3-6,17-18H,7-11,13-14,26H2,1-2H3. The third-order valence-corrected chi connectivity index (χ3v) is 7.28. The molecule has 29 heavy (non-hydrogen) atoms. The van der Waals surface area contributed by atoms with E-state index < -0.39 is 17.8 Å². The fraction of sp³-hybridized carbons (Fsp3) is 0.542. The molecule has 5 nitrogen and oxygen atoms in total. The van der Waals surface area contributed by atoms with Crippen LogP contribution in [0.1, 0.15) is 56.6 Å². The molecule has 0 saturated heterocycles. The van der Waals surface area contributed by atoms with Crippen LogP contribution >= 0.6 is 0 Å². The number of nitrogens with two attached hydrogens (primary N) is 1. The van der Waals surface area contributed by atoms with Crippen LogP contribution in [0.5, 0.6) is 0 Å². The average molecular weight is 392 g/mol. The molecule has 2 atom stereocenters. The van der Waals surface area contributed by atoms with Crippen molar-refractivity contribution in [3.8, 4) is 6.07 Å². The minimum absolute atomic E-state index is 0.0341. The van der Waals surface area contributed by atoms with Gasteiger partial charge in [0.2, 0.25) is 5.78 Å². The number of allylic oxidation sites excluding steroid dienone is 1. The lowest BCUT2D eigenvalue weighted by atomic mass is 9.43. The normalized spacial score (nSPS) is 33.0. The Labute approximate surface area is 171 Å². The van der Waals surface area contributed by atoms with E-state index in [9.17, 15) is 9.59 Å². The number of hydrogen-bond acceptors (Lipinski definition) is 5. The lowest BCUT2D eigenvalue weighted by Crippen LogP contribution is -2.57. The third kappa shape index (κ3) is 3.35. The highest BCUT2D eigenvalue weighted by Crippen LogP contribution is 2.66. The molecule has 5 heteroatoms. The van der Waals surface area contributed by atoms with Gasteiger partial charge in [-0.2, -0.15) is 5.26 Å². The lowest BCUT2D eigenvalue weighted by molar-refractivity contribution is -0.175. The van der Waals surface area contributed by atoms with Gasteiger partial charge in [-0.25, -0.2) is 0 Å². The number of carbonyl (C=O) groups is 2. The number of nitriles is 1. The summed E-state index contributed by atoms with van der Waals surface area (Å²) in [4.78, 5) is 25.4. The number of hydrogen-bond donors (Lipinski definition) is 1. The van der Waals surface area contributed by atoms with E-state index in [1.54, 1.807) is 6.07 Å². The highest BCUT2D eigenvalue weighted by Gasteiger charge is 2.61. The Bertz CT molecular complexity index is 904. The van der Waals surface area contributed by atoms with Gasteiger partial charge >= 0.3 is 5.97 Å². The van der Waals surface area contributed by atoms with Crippen molar-refractivity contribution in [2.75, 3.05) is 6.61 Å². The molecule has 152 valence electrons. The number of aryl methyl sites for hydroxylation is 1. The van der Waals surface area contributed by atoms with Crippen molar-refractivity contribution >= 4 is 11.8 Å². The molecule has 1 aromatic rings. The molecule has 0 radical (unpaired) electrons. The van der Waals surface area contributed by atoms with Gasteiger partial charge < -0.3 is 10.5 Å². The number of carbonyl (C=O) groups excluding carboxylic acids is 2. The van der Waals surface area contributed by atoms with Crippen molar-refractivity contribution < 1.29 is 14.3 Å². The summed E-state index contributed by atoms with van der Waals surface area (Å²) in [7, 11) is 0. The topological polar surface area (TPSA) is 93.2 Å². The Hall–Kier alpha value is -2.61. The molecular formula is C24H28N2O3. The van der Waals surface area contributed by atoms with E-state index in [4.69, 9.17) is 15.7 Å². The number of ketones is 1. The van der Waals surface area contributed by atoms with Gasteiger partial charge in [0.05, 0.1) is 5.41 Å². The monoisotopic (exact) mass is 392 g/mol. The van der Waals surface area contributed by atoms with Crippen LogP contribution < -0.4 is 5.73 Å². The zero-order valence-corrected chi connectivity index (χ0v) is 17.2. The van der Waals surface area contributed by atoms with E-state index in [-0.39, 0.29) is 22.7 Å². The smallest absolute Gasteiger partial charge is 0.312 e. The Kier molecular flexibility index (Phi) is 4.77. The number of ether oxygens (including phenoxy) is 1. The second kappa shape index (κ2) is 7.02. The molecule has 0 amide bonds. The van der Waals surface area contributed by atoms with Crippen molar-refractivity contribution in [3.05, 3.63) is 46.7 Å². The van der Waals surface area contributed by atoms with Crippen molar-refractivity contribution in [1.82, 2.24) is 0 Å². The molecule has 2 unspecified atom stereocenters. The SMILES string of the molecule is CC(N)=C(C#N)C(=O)COC(=O)C12CC3CC(C1)CC(c1ccc(C)cc1)(C3)C2. The molecule has 4 aliphatic rings. The molecule has 0 aliphatic heterocycles. The predicted molar refractivity (Wildman–Crippen MR) is 108 cm³/mol. The number of benzene rings is 1. The number of nitrogens with zero attached hydrogens (tertiary/aromatic N) is 1. The van der Waals surface area contributed by atoms with E-state index in [1.165, 1.54) is 24.5 Å². The second-order valence-corrected chi connectivity index (χ2v) is 9.56. The molecule has 5 rings (SSSR count). The molecule has 2 N–H and O–H groups in total. The molecule has 4 fully saturated rings. The van der Waals surface area contributed by atoms with E-state index in [0.29, 0.717) is 11.8 Å². The quantitative estimate of drug-likeness (QED) is 0.468. The Morgan fingerprint density at radius 2 is 1.79 bits per heavy atom. The van der Waals surface area contributed by atoms with Crippen molar-refractivity contribution in [2.45, 2.75) is 57.8 Å². The molecule has 0 heterocycles. The lowest BCUT2D eigenvalue weighted by Gasteiger charge is -2.61. The molecule has 4 bridgehead atoms. The number of rotatable bonds is 5. The predicted octanol–water partition coefficient (Wildman–Crippen LogP) is 3.70. The third-order valence-electron chi connectivity index (χ3n) is 7.28. The zero-order valence-electron chi connectivity index (χ0n) is 17.2. The van der Waals surface area contributed by atoms with Gasteiger partial charge in [0, 0.05) is 5.70 Å². The van der Waals surface area contributed by atoms with Crippen LogP contribution in [0.25, 0.3) is 0 Å². The van der Waals surface area contributed by atoms with E-state index in [1.807, 2.05) is 0 Å². The molecule has 4 aliphatic carbocycles. The van der Waals surface area contributed by atoms with E-state index in [2.05, 4.69) is 31.2 Å². The maximum Gasteiger partial charge on any atom is 0.312 e. The first-order valence-electron chi connectivity index (χ1n) is 10.4. The summed E-state index contributed by atoms with van der Waals surface area (Å²) >= 11 is 0. The Morgan fingerprint density at radius 1 is 1.17 bits per heavy atom. The molecule has 0 spiro atoms. The first kappa shape index (κ1) is 19.7. The summed E-state index contributed by atoms with van der Waals surface area (Å²) in [6.07, 6.45) is 5.94. The Balaban J connectivity index is 1.55. The molecule has 0 aromatic heterocycles. The minimum Gasteiger partial charge on any atom is -0.457 e. The average Bonchev–Trinajstić information content (AvgIpc) is 2.65. The van der Waals surface area contributed by atoms with Crippen molar-refractivity contribution in [1.29, 1.82) is 5.26 Å². The zero-order chi connectivity index (χ0) is 20.8. The van der Waals surface area contributed by atoms with Gasteiger partial charge in [0.25, 0.3) is 0 Å². The summed E-state index contributed by atoms with van der Waals surface area (Å²) in [5, 5.41) is 9.09. The fourth-order valence-electron chi connectivity index (χ4n) is 6.47. The summed E-state index contributed by atoms with van der Waals surface area (Å²) < 4.78 is 5.49. The van der Waals surface area contributed by atoms with Gasteiger partial charge in [-0.3, -0.25) is 9.59 Å². The summed E-state index contributed by atoms with van der Waals surface area (Å²) in [6.45, 7) is 3.18. The van der Waals surface area contributed by atoms with E-state index in [0.717, 1.165) is 32.1 Å². The Morgan fingerprint density at radius 3 is 2.34 bits per heavy atom. The first-order valence-corrected chi connectivity index (χ1v) is 10.4. The molecule has 1 aromatic carbocycles. The van der Waals surface area contributed by atoms with Crippen molar-refractivity contribution in [2.24, 2.45) is 23.0 Å². The highest BCUT2D eigenvalue weighted by molar-refractivity contribution is 6.01. The molecular weight excluding hydrogens is 364 g/mol. The van der Waals surface area contributed by atoms with Gasteiger partial charge in [0.1, 0.15) is 11.6 Å². The van der Waals surface area contributed by atoms with Crippen LogP contribution in [0.4, 0.5) is 0 Å². The van der Waals surface area contributed by atoms with Gasteiger partial charge in [-0.15, -0.1) is 0 Å². The van der Waals surface area contributed by atoms with Gasteiger partial charge in [0.15, 0.2) is 6.61 Å². The van der Waals surface area contributed by atoms with Gasteiger partial charge in [-0.1, -0.05) is 29.8 Å². The van der Waals surface area contributed by atoms with Crippen LogP contribution in [-0.4, -0.2) is 18.4 Å². The van der Waals surface area contributed by atoms with Crippen molar-refractivity contribution in [3.63, 3.8) is 0 Å². The largest absolute Gasteiger partial charge is 0.457 e. The fourth-order valence-corrected chi connectivity index (χ4v) is 6.47. The first-order chi connectivity index (χ1) is 13.8. The van der Waals surface area contributed by atoms with Crippen LogP contribution in [-0.2, 0) is 19.7 Å². The van der Waals surface area contributed by atoms with Crippen LogP contribution in [0.15, 0.2) is 35.5 Å². The maximum absolute atomic E-state index is 13.2.